The standard InChI is InChI=1S/C17H21FN4/c1-16(2)10-17(16,12-7-5-4-6-8-12)11-21-15-20-9-13(18)14(19-3)22-15/h4-9H,10-11H2,1-3H3,(H2,19,20,21,22). The van der Waals surface area contributed by atoms with Gasteiger partial charge in [-0.1, -0.05) is 44.2 Å². The molecule has 3 rings (SSSR count). The molecule has 1 aliphatic rings. The average Bonchev–Trinajstić information content (AvgIpc) is 3.10. The molecule has 0 amide bonds. The van der Waals surface area contributed by atoms with Gasteiger partial charge in [0.05, 0.1) is 6.20 Å². The number of anilines is 2. The van der Waals surface area contributed by atoms with Crippen molar-refractivity contribution in [2.24, 2.45) is 5.41 Å². The predicted molar refractivity (Wildman–Crippen MR) is 86.5 cm³/mol. The summed E-state index contributed by atoms with van der Waals surface area (Å²) in [5.74, 6) is 0.211. The van der Waals surface area contributed by atoms with Gasteiger partial charge in [0.2, 0.25) is 5.95 Å². The number of hydrogen-bond acceptors (Lipinski definition) is 4. The third kappa shape index (κ3) is 2.40. The normalized spacial score (nSPS) is 22.2. The average molecular weight is 300 g/mol. The van der Waals surface area contributed by atoms with Gasteiger partial charge in [0.1, 0.15) is 0 Å². The lowest BCUT2D eigenvalue weighted by Gasteiger charge is -2.22. The van der Waals surface area contributed by atoms with E-state index in [2.05, 4.69) is 58.7 Å². The van der Waals surface area contributed by atoms with Crippen LogP contribution < -0.4 is 10.6 Å². The zero-order valence-corrected chi connectivity index (χ0v) is 13.2. The monoisotopic (exact) mass is 300 g/mol. The van der Waals surface area contributed by atoms with Crippen LogP contribution >= 0.6 is 0 Å². The maximum atomic E-state index is 13.4. The summed E-state index contributed by atoms with van der Waals surface area (Å²) < 4.78 is 13.4. The van der Waals surface area contributed by atoms with Crippen LogP contribution in [0.15, 0.2) is 36.5 Å². The molecule has 5 heteroatoms. The van der Waals surface area contributed by atoms with Crippen molar-refractivity contribution in [1.29, 1.82) is 0 Å². The van der Waals surface area contributed by atoms with E-state index in [4.69, 9.17) is 0 Å². The van der Waals surface area contributed by atoms with Crippen LogP contribution in [-0.2, 0) is 5.41 Å². The molecule has 1 aromatic carbocycles. The molecule has 22 heavy (non-hydrogen) atoms. The van der Waals surface area contributed by atoms with Gasteiger partial charge >= 0.3 is 0 Å². The first-order valence-corrected chi connectivity index (χ1v) is 7.48. The fourth-order valence-electron chi connectivity index (χ4n) is 3.22. The van der Waals surface area contributed by atoms with Gasteiger partial charge in [0.25, 0.3) is 0 Å². The maximum absolute atomic E-state index is 13.4. The molecule has 1 unspecified atom stereocenters. The van der Waals surface area contributed by atoms with E-state index in [0.29, 0.717) is 5.95 Å². The SMILES string of the molecule is CNc1nc(NCC2(c3ccccc3)CC2(C)C)ncc1F. The molecule has 0 saturated heterocycles. The summed E-state index contributed by atoms with van der Waals surface area (Å²) in [7, 11) is 1.64. The molecule has 0 aliphatic heterocycles. The minimum absolute atomic E-state index is 0.0752. The van der Waals surface area contributed by atoms with E-state index in [1.54, 1.807) is 7.05 Å². The van der Waals surface area contributed by atoms with Crippen molar-refractivity contribution in [3.63, 3.8) is 0 Å². The van der Waals surface area contributed by atoms with Crippen molar-refractivity contribution in [3.8, 4) is 0 Å². The van der Waals surface area contributed by atoms with Crippen LogP contribution in [0.5, 0.6) is 0 Å². The van der Waals surface area contributed by atoms with Crippen LogP contribution in [0.1, 0.15) is 25.8 Å². The summed E-state index contributed by atoms with van der Waals surface area (Å²) in [6.07, 6.45) is 2.30. The number of nitrogens with zero attached hydrogens (tertiary/aromatic N) is 2. The lowest BCUT2D eigenvalue weighted by atomic mass is 9.88. The molecule has 1 aromatic heterocycles. The second kappa shape index (κ2) is 5.23. The van der Waals surface area contributed by atoms with Gasteiger partial charge in [-0.2, -0.15) is 4.98 Å². The van der Waals surface area contributed by atoms with Gasteiger partial charge in [0.15, 0.2) is 11.6 Å². The Balaban J connectivity index is 1.80. The lowest BCUT2D eigenvalue weighted by molar-refractivity contribution is 0.511. The Morgan fingerprint density at radius 1 is 1.23 bits per heavy atom. The molecule has 1 atom stereocenters. The van der Waals surface area contributed by atoms with Gasteiger partial charge in [-0.15, -0.1) is 0 Å². The van der Waals surface area contributed by atoms with E-state index in [9.17, 15) is 4.39 Å². The highest BCUT2D eigenvalue weighted by molar-refractivity contribution is 5.44. The Labute approximate surface area is 130 Å². The van der Waals surface area contributed by atoms with E-state index in [0.717, 1.165) is 13.0 Å². The number of rotatable bonds is 5. The van der Waals surface area contributed by atoms with Gasteiger partial charge in [-0.25, -0.2) is 9.37 Å². The van der Waals surface area contributed by atoms with Crippen LogP contribution in [0.2, 0.25) is 0 Å². The maximum Gasteiger partial charge on any atom is 0.224 e. The van der Waals surface area contributed by atoms with E-state index in [1.807, 2.05) is 6.07 Å². The van der Waals surface area contributed by atoms with Crippen LogP contribution in [0.25, 0.3) is 0 Å². The van der Waals surface area contributed by atoms with Crippen molar-refractivity contribution in [2.45, 2.75) is 25.7 Å². The molecule has 0 radical (unpaired) electrons. The minimum atomic E-state index is -0.447. The van der Waals surface area contributed by atoms with E-state index in [1.165, 1.54) is 11.8 Å². The molecular formula is C17H21FN4. The molecule has 116 valence electrons. The first-order valence-electron chi connectivity index (χ1n) is 7.48. The first kappa shape index (κ1) is 14.8. The topological polar surface area (TPSA) is 49.8 Å². The molecule has 0 bridgehead atoms. The Morgan fingerprint density at radius 2 is 1.91 bits per heavy atom. The van der Waals surface area contributed by atoms with Crippen molar-refractivity contribution in [2.75, 3.05) is 24.2 Å². The molecule has 1 saturated carbocycles. The number of benzene rings is 1. The van der Waals surface area contributed by atoms with Crippen molar-refractivity contribution in [3.05, 3.63) is 47.9 Å². The summed E-state index contributed by atoms with van der Waals surface area (Å²) in [5.41, 5.74) is 1.63. The fourth-order valence-corrected chi connectivity index (χ4v) is 3.22. The van der Waals surface area contributed by atoms with Gasteiger partial charge in [-0.3, -0.25) is 0 Å². The Kier molecular flexibility index (Phi) is 3.51. The predicted octanol–water partition coefficient (Wildman–Crippen LogP) is 3.44. The summed E-state index contributed by atoms with van der Waals surface area (Å²) in [4.78, 5) is 8.18. The molecule has 1 aliphatic carbocycles. The lowest BCUT2D eigenvalue weighted by Crippen LogP contribution is -2.25. The zero-order chi connectivity index (χ0) is 15.8. The number of hydrogen-bond donors (Lipinski definition) is 2. The van der Waals surface area contributed by atoms with Crippen molar-refractivity contribution in [1.82, 2.24) is 9.97 Å². The quantitative estimate of drug-likeness (QED) is 0.888. The number of halogens is 1. The summed E-state index contributed by atoms with van der Waals surface area (Å²) >= 11 is 0. The fraction of sp³-hybridized carbons (Fsp3) is 0.412. The van der Waals surface area contributed by atoms with Crippen LogP contribution in [0, 0.1) is 11.2 Å². The smallest absolute Gasteiger partial charge is 0.224 e. The van der Waals surface area contributed by atoms with E-state index in [-0.39, 0.29) is 16.6 Å². The molecule has 2 N–H and O–H groups in total. The van der Waals surface area contributed by atoms with Crippen LogP contribution in [0.4, 0.5) is 16.2 Å². The first-order chi connectivity index (χ1) is 10.5. The van der Waals surface area contributed by atoms with Gasteiger partial charge in [-0.05, 0) is 17.4 Å². The Morgan fingerprint density at radius 3 is 2.50 bits per heavy atom. The third-order valence-corrected chi connectivity index (χ3v) is 4.77. The second-order valence-electron chi connectivity index (χ2n) is 6.50. The largest absolute Gasteiger partial charge is 0.371 e. The van der Waals surface area contributed by atoms with Gasteiger partial charge in [0, 0.05) is 19.0 Å². The summed E-state index contributed by atoms with van der Waals surface area (Å²) in [6.45, 7) is 5.28. The summed E-state index contributed by atoms with van der Waals surface area (Å²) in [5, 5.41) is 6.00. The highest BCUT2D eigenvalue weighted by atomic mass is 19.1. The highest BCUT2D eigenvalue weighted by Crippen LogP contribution is 2.64. The van der Waals surface area contributed by atoms with Gasteiger partial charge < -0.3 is 10.6 Å². The van der Waals surface area contributed by atoms with Crippen molar-refractivity contribution < 1.29 is 4.39 Å². The van der Waals surface area contributed by atoms with Crippen LogP contribution in [0.3, 0.4) is 0 Å². The number of nitrogens with one attached hydrogen (secondary N) is 2. The van der Waals surface area contributed by atoms with Crippen LogP contribution in [-0.4, -0.2) is 23.6 Å². The second-order valence-corrected chi connectivity index (χ2v) is 6.50. The molecule has 0 spiro atoms. The minimum Gasteiger partial charge on any atom is -0.371 e. The third-order valence-electron chi connectivity index (χ3n) is 4.77. The van der Waals surface area contributed by atoms with E-state index >= 15 is 0 Å². The van der Waals surface area contributed by atoms with Crippen molar-refractivity contribution >= 4 is 11.8 Å². The molecule has 4 nitrogen and oxygen atoms in total. The Bertz CT molecular complexity index is 672. The van der Waals surface area contributed by atoms with E-state index < -0.39 is 5.82 Å². The molecule has 1 fully saturated rings. The molecular weight excluding hydrogens is 279 g/mol. The highest BCUT2D eigenvalue weighted by Gasteiger charge is 2.61. The molecule has 1 heterocycles. The summed E-state index contributed by atoms with van der Waals surface area (Å²) in [6, 6.07) is 10.5. The molecule has 2 aromatic rings. The zero-order valence-electron chi connectivity index (χ0n) is 13.2. The number of aromatic nitrogens is 2. The Hall–Kier alpha value is -2.17.